The monoisotopic (exact) mass is 338 g/mol. The molecule has 2 aliphatic heterocycles. The number of aromatic nitrogens is 1. The van der Waals surface area contributed by atoms with E-state index in [0.717, 1.165) is 51.4 Å². The minimum Gasteiger partial charge on any atom is -0.380 e. The summed E-state index contributed by atoms with van der Waals surface area (Å²) >= 11 is 0. The van der Waals surface area contributed by atoms with E-state index in [1.165, 1.54) is 5.56 Å². The Morgan fingerprint density at radius 2 is 2.04 bits per heavy atom. The first-order valence-electron chi connectivity index (χ1n) is 9.15. The minimum absolute atomic E-state index is 0.166. The highest BCUT2D eigenvalue weighted by Crippen LogP contribution is 2.41. The third-order valence-corrected chi connectivity index (χ3v) is 5.53. The van der Waals surface area contributed by atoms with Crippen molar-refractivity contribution in [3.63, 3.8) is 0 Å². The maximum absolute atomic E-state index is 6.07. The van der Waals surface area contributed by atoms with Crippen LogP contribution in [0.1, 0.15) is 11.1 Å². The van der Waals surface area contributed by atoms with Crippen LogP contribution in [0, 0.1) is 11.3 Å². The molecule has 0 N–H and O–H groups in total. The molecule has 1 aromatic heterocycles. The molecule has 4 rings (SSSR count). The van der Waals surface area contributed by atoms with Crippen molar-refractivity contribution in [2.24, 2.45) is 11.3 Å². The van der Waals surface area contributed by atoms with Gasteiger partial charge in [-0.1, -0.05) is 36.4 Å². The zero-order chi connectivity index (χ0) is 17.0. The van der Waals surface area contributed by atoms with Gasteiger partial charge in [-0.05, 0) is 23.6 Å². The molecule has 2 saturated heterocycles. The van der Waals surface area contributed by atoms with Crippen LogP contribution in [0.5, 0.6) is 0 Å². The Labute approximate surface area is 149 Å². The molecule has 0 amide bonds. The van der Waals surface area contributed by atoms with E-state index in [0.29, 0.717) is 12.5 Å². The van der Waals surface area contributed by atoms with Crippen LogP contribution in [-0.2, 0) is 22.5 Å². The van der Waals surface area contributed by atoms with Gasteiger partial charge in [-0.2, -0.15) is 0 Å². The fourth-order valence-electron chi connectivity index (χ4n) is 4.10. The summed E-state index contributed by atoms with van der Waals surface area (Å²) in [6, 6.07) is 14.8. The summed E-state index contributed by atoms with van der Waals surface area (Å²) in [5, 5.41) is 0. The van der Waals surface area contributed by atoms with Crippen LogP contribution in [0.4, 0.5) is 0 Å². The first-order valence-corrected chi connectivity index (χ1v) is 9.15. The van der Waals surface area contributed by atoms with Gasteiger partial charge in [0.2, 0.25) is 0 Å². The van der Waals surface area contributed by atoms with Gasteiger partial charge in [0.05, 0.1) is 26.4 Å². The molecule has 2 aliphatic rings. The van der Waals surface area contributed by atoms with Gasteiger partial charge in [0.25, 0.3) is 0 Å². The van der Waals surface area contributed by atoms with Crippen LogP contribution >= 0.6 is 0 Å². The van der Waals surface area contributed by atoms with Crippen molar-refractivity contribution in [2.45, 2.75) is 13.0 Å². The molecular weight excluding hydrogens is 312 g/mol. The van der Waals surface area contributed by atoms with Crippen LogP contribution in [0.15, 0.2) is 54.9 Å². The lowest BCUT2D eigenvalue weighted by Gasteiger charge is -2.27. The molecular formula is C21H26N2O2. The molecule has 0 saturated carbocycles. The van der Waals surface area contributed by atoms with Gasteiger partial charge in [-0.25, -0.2) is 0 Å². The molecule has 2 atom stereocenters. The zero-order valence-electron chi connectivity index (χ0n) is 14.6. The van der Waals surface area contributed by atoms with Gasteiger partial charge < -0.3 is 14.4 Å². The second-order valence-electron chi connectivity index (χ2n) is 7.40. The fourth-order valence-corrected chi connectivity index (χ4v) is 4.10. The quantitative estimate of drug-likeness (QED) is 0.777. The van der Waals surface area contributed by atoms with Gasteiger partial charge in [0, 0.05) is 43.4 Å². The summed E-state index contributed by atoms with van der Waals surface area (Å²) in [6.45, 7) is 6.43. The normalized spacial score (nSPS) is 26.0. The molecule has 25 heavy (non-hydrogen) atoms. The van der Waals surface area contributed by atoms with Gasteiger partial charge in [-0.3, -0.25) is 4.98 Å². The predicted molar refractivity (Wildman–Crippen MR) is 97.2 cm³/mol. The largest absolute Gasteiger partial charge is 0.380 e. The van der Waals surface area contributed by atoms with Crippen molar-refractivity contribution in [2.75, 3.05) is 39.5 Å². The summed E-state index contributed by atoms with van der Waals surface area (Å²) < 4.78 is 11.9. The number of rotatable bonds is 7. The van der Waals surface area contributed by atoms with Crippen molar-refractivity contribution in [1.82, 2.24) is 9.88 Å². The summed E-state index contributed by atoms with van der Waals surface area (Å²) in [5.74, 6) is 0.595. The highest BCUT2D eigenvalue weighted by Gasteiger charge is 2.50. The van der Waals surface area contributed by atoms with E-state index in [1.807, 2.05) is 12.3 Å². The Morgan fingerprint density at radius 1 is 1.16 bits per heavy atom. The summed E-state index contributed by atoms with van der Waals surface area (Å²) in [4.78, 5) is 6.74. The van der Waals surface area contributed by atoms with E-state index in [9.17, 15) is 0 Å². The maximum atomic E-state index is 6.07. The van der Waals surface area contributed by atoms with Gasteiger partial charge in [-0.15, -0.1) is 0 Å². The number of hydrogen-bond donors (Lipinski definition) is 0. The molecule has 1 aromatic carbocycles. The Kier molecular flexibility index (Phi) is 5.11. The van der Waals surface area contributed by atoms with Crippen molar-refractivity contribution in [3.05, 3.63) is 66.0 Å². The molecule has 3 heterocycles. The van der Waals surface area contributed by atoms with Gasteiger partial charge >= 0.3 is 0 Å². The lowest BCUT2D eigenvalue weighted by atomic mass is 9.82. The first kappa shape index (κ1) is 16.7. The van der Waals surface area contributed by atoms with Crippen molar-refractivity contribution in [3.8, 4) is 0 Å². The fraction of sp³-hybridized carbons (Fsp3) is 0.476. The highest BCUT2D eigenvalue weighted by molar-refractivity contribution is 5.15. The number of pyridine rings is 1. The van der Waals surface area contributed by atoms with E-state index >= 15 is 0 Å². The van der Waals surface area contributed by atoms with Crippen molar-refractivity contribution in [1.29, 1.82) is 0 Å². The van der Waals surface area contributed by atoms with Gasteiger partial charge in [0.1, 0.15) is 0 Å². The molecule has 0 radical (unpaired) electrons. The Bertz CT molecular complexity index is 664. The summed E-state index contributed by atoms with van der Waals surface area (Å²) in [5.41, 5.74) is 2.71. The van der Waals surface area contributed by atoms with Crippen LogP contribution in [0.25, 0.3) is 0 Å². The summed E-state index contributed by atoms with van der Waals surface area (Å²) in [7, 11) is 0. The second-order valence-corrected chi connectivity index (χ2v) is 7.40. The lowest BCUT2D eigenvalue weighted by Crippen LogP contribution is -2.36. The van der Waals surface area contributed by atoms with E-state index in [-0.39, 0.29) is 5.41 Å². The molecule has 132 valence electrons. The average Bonchev–Trinajstić information content (AvgIpc) is 3.18. The number of benzene rings is 1. The van der Waals surface area contributed by atoms with Crippen molar-refractivity contribution >= 4 is 0 Å². The van der Waals surface area contributed by atoms with Crippen LogP contribution in [-0.4, -0.2) is 49.3 Å². The van der Waals surface area contributed by atoms with Crippen LogP contribution in [0.2, 0.25) is 0 Å². The van der Waals surface area contributed by atoms with E-state index in [4.69, 9.17) is 9.47 Å². The SMILES string of the molecule is c1ccc(CCN2C[C@@H]3COC[C@]3(COCc3cccnc3)C2)cc1. The van der Waals surface area contributed by atoms with E-state index in [2.05, 4.69) is 46.3 Å². The topological polar surface area (TPSA) is 34.6 Å². The third kappa shape index (κ3) is 3.92. The molecule has 0 unspecified atom stereocenters. The van der Waals surface area contributed by atoms with Crippen LogP contribution < -0.4 is 0 Å². The summed E-state index contributed by atoms with van der Waals surface area (Å²) in [6.07, 6.45) is 4.78. The van der Waals surface area contributed by atoms with Crippen LogP contribution in [0.3, 0.4) is 0 Å². The smallest absolute Gasteiger partial charge is 0.0732 e. The third-order valence-electron chi connectivity index (χ3n) is 5.53. The van der Waals surface area contributed by atoms with E-state index in [1.54, 1.807) is 6.20 Å². The van der Waals surface area contributed by atoms with Gasteiger partial charge in [0.15, 0.2) is 0 Å². The maximum Gasteiger partial charge on any atom is 0.0732 e. The minimum atomic E-state index is 0.166. The molecule has 0 spiro atoms. The average molecular weight is 338 g/mol. The zero-order valence-corrected chi connectivity index (χ0v) is 14.6. The predicted octanol–water partition coefficient (Wildman–Crippen LogP) is 2.79. The van der Waals surface area contributed by atoms with Crippen molar-refractivity contribution < 1.29 is 9.47 Å². The first-order chi connectivity index (χ1) is 12.3. The number of ether oxygens (including phenoxy) is 2. The number of nitrogens with zero attached hydrogens (tertiary/aromatic N) is 2. The second kappa shape index (κ2) is 7.65. The molecule has 4 heteroatoms. The van der Waals surface area contributed by atoms with E-state index < -0.39 is 0 Å². The standard InChI is InChI=1S/C21H26N2O2/c1-2-5-18(6-3-1)8-10-23-12-20-14-25-17-21(20,15-23)16-24-13-19-7-4-9-22-11-19/h1-7,9,11,20H,8,10,12-17H2/t20-,21-/m1/s1. The lowest BCUT2D eigenvalue weighted by molar-refractivity contribution is 0.0187. The number of likely N-dealkylation sites (tertiary alicyclic amines) is 1. The number of hydrogen-bond acceptors (Lipinski definition) is 4. The molecule has 0 aliphatic carbocycles. The molecule has 4 nitrogen and oxygen atoms in total. The highest BCUT2D eigenvalue weighted by atomic mass is 16.5. The Hall–Kier alpha value is -1.75. The molecule has 2 fully saturated rings. The Balaban J connectivity index is 1.31. The molecule has 0 bridgehead atoms. The molecule has 2 aromatic rings. The Morgan fingerprint density at radius 3 is 2.88 bits per heavy atom. The number of fused-ring (bicyclic) bond motifs is 1.